The summed E-state index contributed by atoms with van der Waals surface area (Å²) in [6.45, 7) is 7.16. The molecule has 0 radical (unpaired) electrons. The molecule has 0 amide bonds. The van der Waals surface area contributed by atoms with E-state index in [1.807, 2.05) is 0 Å². The first kappa shape index (κ1) is 14.3. The molecule has 2 aromatic rings. The minimum atomic E-state index is 1.18. The van der Waals surface area contributed by atoms with E-state index in [2.05, 4.69) is 61.5 Å². The summed E-state index contributed by atoms with van der Waals surface area (Å²) in [7, 11) is 0. The summed E-state index contributed by atoms with van der Waals surface area (Å²) < 4.78 is 1.23. The predicted molar refractivity (Wildman–Crippen MR) is 88.9 cm³/mol. The van der Waals surface area contributed by atoms with E-state index in [0.29, 0.717) is 0 Å². The maximum absolute atomic E-state index is 2.31. The first-order valence-corrected chi connectivity index (χ1v) is 8.20. The van der Waals surface area contributed by atoms with Gasteiger partial charge < -0.3 is 4.48 Å². The molecule has 0 saturated carbocycles. The monoisotopic (exact) mass is 280 g/mol. The highest BCUT2D eigenvalue weighted by Gasteiger charge is 2.30. The van der Waals surface area contributed by atoms with Crippen LogP contribution < -0.4 is 0 Å². The van der Waals surface area contributed by atoms with E-state index in [-0.39, 0.29) is 0 Å². The lowest BCUT2D eigenvalue weighted by atomic mass is 10.0. The van der Waals surface area contributed by atoms with Gasteiger partial charge in [0.15, 0.2) is 0 Å². The molecule has 2 aromatic carbocycles. The van der Waals surface area contributed by atoms with Gasteiger partial charge in [-0.25, -0.2) is 0 Å². The van der Waals surface area contributed by atoms with E-state index in [9.17, 15) is 0 Å². The summed E-state index contributed by atoms with van der Waals surface area (Å²) in [4.78, 5) is 0. The molecule has 0 unspecified atom stereocenters. The van der Waals surface area contributed by atoms with Crippen molar-refractivity contribution in [2.24, 2.45) is 0 Å². The van der Waals surface area contributed by atoms with Gasteiger partial charge in [0.2, 0.25) is 0 Å². The minimum Gasteiger partial charge on any atom is -0.316 e. The fraction of sp³-hybridized carbons (Fsp3) is 0.400. The van der Waals surface area contributed by atoms with Crippen LogP contribution in [0.2, 0.25) is 0 Å². The lowest BCUT2D eigenvalue weighted by molar-refractivity contribution is -0.957. The lowest BCUT2D eigenvalue weighted by Crippen LogP contribution is -2.49. The molecule has 21 heavy (non-hydrogen) atoms. The van der Waals surface area contributed by atoms with E-state index in [1.54, 1.807) is 0 Å². The van der Waals surface area contributed by atoms with Crippen LogP contribution in [-0.2, 0) is 13.1 Å². The molecule has 1 aliphatic heterocycles. The molecule has 110 valence electrons. The van der Waals surface area contributed by atoms with Crippen molar-refractivity contribution in [2.45, 2.75) is 39.3 Å². The normalized spacial score (nSPS) is 17.6. The molecule has 0 aromatic heterocycles. The summed E-state index contributed by atoms with van der Waals surface area (Å²) >= 11 is 0. The smallest absolute Gasteiger partial charge is 0.105 e. The molecule has 0 aliphatic carbocycles. The Morgan fingerprint density at radius 3 is 1.90 bits per heavy atom. The standard InChI is InChI=1S/C20H26N/c1-18-10-12-20(13-11-18)17-21(14-6-3-7-15-21)16-19-8-4-2-5-9-19/h2,4-5,8-13H,3,6-7,14-17H2,1H3/q+1. The van der Waals surface area contributed by atoms with E-state index in [1.165, 1.54) is 66.6 Å². The van der Waals surface area contributed by atoms with Gasteiger partial charge in [-0.2, -0.15) is 0 Å². The predicted octanol–water partition coefficient (Wildman–Crippen LogP) is 4.70. The Morgan fingerprint density at radius 2 is 1.29 bits per heavy atom. The summed E-state index contributed by atoms with van der Waals surface area (Å²) in [5.74, 6) is 0. The van der Waals surface area contributed by atoms with E-state index in [4.69, 9.17) is 0 Å². The lowest BCUT2D eigenvalue weighted by Gasteiger charge is -2.42. The van der Waals surface area contributed by atoms with Crippen molar-refractivity contribution < 1.29 is 4.48 Å². The van der Waals surface area contributed by atoms with Gasteiger partial charge in [0, 0.05) is 11.1 Å². The molecule has 0 N–H and O–H groups in total. The molecule has 1 fully saturated rings. The second-order valence-corrected chi connectivity index (χ2v) is 6.64. The number of hydrogen-bond donors (Lipinski definition) is 0. The number of likely N-dealkylation sites (tertiary alicyclic amines) is 1. The summed E-state index contributed by atoms with van der Waals surface area (Å²) in [6.07, 6.45) is 4.15. The van der Waals surface area contributed by atoms with Crippen molar-refractivity contribution in [2.75, 3.05) is 13.1 Å². The largest absolute Gasteiger partial charge is 0.316 e. The van der Waals surface area contributed by atoms with Gasteiger partial charge in [0.1, 0.15) is 13.1 Å². The van der Waals surface area contributed by atoms with Gasteiger partial charge in [0.05, 0.1) is 13.1 Å². The Balaban J connectivity index is 1.81. The molecule has 0 bridgehead atoms. The fourth-order valence-corrected chi connectivity index (χ4v) is 3.61. The van der Waals surface area contributed by atoms with Crippen LogP contribution in [0.25, 0.3) is 0 Å². The molecule has 1 saturated heterocycles. The second kappa shape index (κ2) is 6.44. The van der Waals surface area contributed by atoms with Crippen LogP contribution in [0.3, 0.4) is 0 Å². The first-order valence-electron chi connectivity index (χ1n) is 8.20. The van der Waals surface area contributed by atoms with Crippen molar-refractivity contribution in [1.82, 2.24) is 0 Å². The van der Waals surface area contributed by atoms with Gasteiger partial charge in [0.25, 0.3) is 0 Å². The second-order valence-electron chi connectivity index (χ2n) is 6.64. The number of nitrogens with zero attached hydrogens (tertiary/aromatic N) is 1. The average Bonchev–Trinajstić information content (AvgIpc) is 2.51. The van der Waals surface area contributed by atoms with Gasteiger partial charge >= 0.3 is 0 Å². The van der Waals surface area contributed by atoms with Crippen LogP contribution in [0.1, 0.15) is 36.0 Å². The number of benzene rings is 2. The summed E-state index contributed by atoms with van der Waals surface area (Å²) in [5.41, 5.74) is 4.32. The highest BCUT2D eigenvalue weighted by atomic mass is 15.4. The third-order valence-electron chi connectivity index (χ3n) is 4.76. The van der Waals surface area contributed by atoms with Gasteiger partial charge in [-0.1, -0.05) is 60.2 Å². The van der Waals surface area contributed by atoms with Gasteiger partial charge in [-0.15, -0.1) is 0 Å². The van der Waals surface area contributed by atoms with Crippen LogP contribution in [0.5, 0.6) is 0 Å². The van der Waals surface area contributed by atoms with E-state index < -0.39 is 0 Å². The SMILES string of the molecule is Cc1ccc(C[N+]2(Cc3ccccc3)CCCCC2)cc1. The van der Waals surface area contributed by atoms with Crippen molar-refractivity contribution >= 4 is 0 Å². The Morgan fingerprint density at radius 1 is 0.714 bits per heavy atom. The zero-order chi connectivity index (χ0) is 14.5. The molecule has 0 spiro atoms. The molecular formula is C20H26N+. The molecule has 0 atom stereocenters. The molecule has 1 heterocycles. The number of rotatable bonds is 4. The summed E-state index contributed by atoms with van der Waals surface area (Å²) in [6, 6.07) is 20.1. The Labute approximate surface area is 128 Å². The highest BCUT2D eigenvalue weighted by Crippen LogP contribution is 2.26. The van der Waals surface area contributed by atoms with Crippen molar-refractivity contribution in [3.05, 3.63) is 71.3 Å². The number of piperidine rings is 1. The van der Waals surface area contributed by atoms with Crippen LogP contribution in [0, 0.1) is 6.92 Å². The maximum Gasteiger partial charge on any atom is 0.105 e. The third kappa shape index (κ3) is 3.74. The van der Waals surface area contributed by atoms with Crippen LogP contribution in [0.4, 0.5) is 0 Å². The average molecular weight is 280 g/mol. The summed E-state index contributed by atoms with van der Waals surface area (Å²) in [5, 5.41) is 0. The highest BCUT2D eigenvalue weighted by molar-refractivity contribution is 5.21. The molecule has 1 aliphatic rings. The Hall–Kier alpha value is -1.60. The molecule has 1 heteroatoms. The quantitative estimate of drug-likeness (QED) is 0.712. The topological polar surface area (TPSA) is 0 Å². The zero-order valence-electron chi connectivity index (χ0n) is 13.1. The molecule has 1 nitrogen and oxygen atoms in total. The van der Waals surface area contributed by atoms with Crippen LogP contribution in [0.15, 0.2) is 54.6 Å². The molecule has 3 rings (SSSR count). The Bertz CT molecular complexity index is 550. The number of quaternary nitrogens is 1. The number of aryl methyl sites for hydroxylation is 1. The number of hydrogen-bond acceptors (Lipinski definition) is 0. The van der Waals surface area contributed by atoms with Gasteiger partial charge in [-0.05, 0) is 26.2 Å². The van der Waals surface area contributed by atoms with E-state index >= 15 is 0 Å². The first-order chi connectivity index (χ1) is 10.3. The fourth-order valence-electron chi connectivity index (χ4n) is 3.61. The van der Waals surface area contributed by atoms with Crippen LogP contribution in [-0.4, -0.2) is 17.6 Å². The minimum absolute atomic E-state index is 1.18. The van der Waals surface area contributed by atoms with Crippen molar-refractivity contribution in [1.29, 1.82) is 0 Å². The van der Waals surface area contributed by atoms with Crippen molar-refractivity contribution in [3.63, 3.8) is 0 Å². The Kier molecular flexibility index (Phi) is 4.40. The van der Waals surface area contributed by atoms with Crippen LogP contribution >= 0.6 is 0 Å². The maximum atomic E-state index is 2.31. The van der Waals surface area contributed by atoms with Crippen molar-refractivity contribution in [3.8, 4) is 0 Å². The molecular weight excluding hydrogens is 254 g/mol. The zero-order valence-corrected chi connectivity index (χ0v) is 13.1. The van der Waals surface area contributed by atoms with Gasteiger partial charge in [-0.3, -0.25) is 0 Å². The van der Waals surface area contributed by atoms with E-state index in [0.717, 1.165) is 0 Å². The third-order valence-corrected chi connectivity index (χ3v) is 4.76.